The highest BCUT2D eigenvalue weighted by atomic mass is 19.1. The molecule has 2 aromatic heterocycles. The van der Waals surface area contributed by atoms with Crippen molar-refractivity contribution in [3.63, 3.8) is 0 Å². The number of aryl methyl sites for hydroxylation is 2. The fourth-order valence-electron chi connectivity index (χ4n) is 3.23. The van der Waals surface area contributed by atoms with Crippen LogP contribution in [0.25, 0.3) is 11.5 Å². The van der Waals surface area contributed by atoms with Crippen molar-refractivity contribution in [2.24, 2.45) is 0 Å². The average molecular weight is 403 g/mol. The summed E-state index contributed by atoms with van der Waals surface area (Å²) in [6.07, 6.45) is 1.33. The Kier molecular flexibility index (Phi) is 5.08. The molecule has 0 radical (unpaired) electrons. The Morgan fingerprint density at radius 3 is 2.13 bits per heavy atom. The normalized spacial score (nSPS) is 11.5. The van der Waals surface area contributed by atoms with E-state index in [1.807, 2.05) is 24.3 Å². The summed E-state index contributed by atoms with van der Waals surface area (Å²) < 4.78 is 25.2. The van der Waals surface area contributed by atoms with Crippen molar-refractivity contribution in [2.45, 2.75) is 33.1 Å². The van der Waals surface area contributed by atoms with E-state index in [0.717, 1.165) is 5.56 Å². The largest absolute Gasteiger partial charge is 0.439 e. The molecule has 0 fully saturated rings. The third-order valence-corrected chi connectivity index (χ3v) is 5.16. The van der Waals surface area contributed by atoms with Crippen molar-refractivity contribution in [3.05, 3.63) is 89.1 Å². The minimum absolute atomic E-state index is 0.0896. The quantitative estimate of drug-likeness (QED) is 0.409. The zero-order chi connectivity index (χ0) is 21.3. The first kappa shape index (κ1) is 19.8. The van der Waals surface area contributed by atoms with Gasteiger partial charge in [0.1, 0.15) is 11.6 Å². The second-order valence-corrected chi connectivity index (χ2v) is 7.77. The Hall–Kier alpha value is -3.54. The van der Waals surface area contributed by atoms with Crippen LogP contribution in [0.15, 0.2) is 65.3 Å². The summed E-state index contributed by atoms with van der Waals surface area (Å²) >= 11 is 0. The van der Waals surface area contributed by atoms with Crippen LogP contribution in [-0.4, -0.2) is 15.1 Å². The number of ether oxygens (including phenoxy) is 1. The van der Waals surface area contributed by atoms with Crippen LogP contribution in [-0.2, 0) is 5.41 Å². The molecule has 0 bridgehead atoms. The molecule has 0 atom stereocenters. The molecule has 4 rings (SSSR count). The predicted octanol–water partition coefficient (Wildman–Crippen LogP) is 6.01. The number of halogens is 1. The van der Waals surface area contributed by atoms with Crippen LogP contribution in [0.3, 0.4) is 0 Å². The Bertz CT molecular complexity index is 1170. The molecule has 0 aliphatic rings. The van der Waals surface area contributed by atoms with Crippen LogP contribution >= 0.6 is 0 Å². The van der Waals surface area contributed by atoms with Crippen molar-refractivity contribution in [2.75, 3.05) is 0 Å². The molecule has 0 aliphatic carbocycles. The van der Waals surface area contributed by atoms with Gasteiger partial charge in [-0.2, -0.15) is 4.98 Å². The molecule has 0 saturated carbocycles. The third-order valence-electron chi connectivity index (χ3n) is 5.16. The zero-order valence-corrected chi connectivity index (χ0v) is 17.3. The highest BCUT2D eigenvalue weighted by molar-refractivity contribution is 5.53. The number of aromatic nitrogens is 3. The van der Waals surface area contributed by atoms with Crippen molar-refractivity contribution >= 4 is 0 Å². The molecule has 5 nitrogen and oxygen atoms in total. The monoisotopic (exact) mass is 403 g/mol. The van der Waals surface area contributed by atoms with Crippen LogP contribution < -0.4 is 4.74 Å². The van der Waals surface area contributed by atoms with E-state index in [0.29, 0.717) is 11.6 Å². The van der Waals surface area contributed by atoms with E-state index >= 15 is 0 Å². The van der Waals surface area contributed by atoms with Crippen LogP contribution in [0.4, 0.5) is 4.39 Å². The molecule has 6 heteroatoms. The third kappa shape index (κ3) is 3.94. The van der Waals surface area contributed by atoms with E-state index in [4.69, 9.17) is 9.26 Å². The summed E-state index contributed by atoms with van der Waals surface area (Å²) in [7, 11) is 0. The molecule has 0 unspecified atom stereocenters. The van der Waals surface area contributed by atoms with Gasteiger partial charge in [0, 0.05) is 17.7 Å². The van der Waals surface area contributed by atoms with Crippen LogP contribution in [0.5, 0.6) is 11.6 Å². The summed E-state index contributed by atoms with van der Waals surface area (Å²) in [5.74, 6) is 0.704. The standard InChI is InChI=1S/C24H22FN3O2/c1-15-5-7-17(8-6-15)24(3,4)18-9-11-19(12-10-18)29-22-13-21(25)20(14-26-22)23-27-16(2)28-30-23/h5-14H,1-4H3. The van der Waals surface area contributed by atoms with Gasteiger partial charge in [0.25, 0.3) is 5.89 Å². The van der Waals surface area contributed by atoms with Gasteiger partial charge in [0.2, 0.25) is 5.88 Å². The van der Waals surface area contributed by atoms with E-state index in [-0.39, 0.29) is 22.7 Å². The van der Waals surface area contributed by atoms with Crippen molar-refractivity contribution < 1.29 is 13.7 Å². The Morgan fingerprint density at radius 1 is 0.933 bits per heavy atom. The van der Waals surface area contributed by atoms with E-state index < -0.39 is 5.82 Å². The van der Waals surface area contributed by atoms with Crippen molar-refractivity contribution in [3.8, 4) is 23.1 Å². The lowest BCUT2D eigenvalue weighted by Gasteiger charge is -2.26. The molecule has 0 aliphatic heterocycles. The average Bonchev–Trinajstić information content (AvgIpc) is 3.15. The second-order valence-electron chi connectivity index (χ2n) is 7.77. The Balaban J connectivity index is 1.52. The van der Waals surface area contributed by atoms with Gasteiger partial charge in [-0.25, -0.2) is 9.37 Å². The fourth-order valence-corrected chi connectivity index (χ4v) is 3.23. The van der Waals surface area contributed by atoms with E-state index in [1.54, 1.807) is 6.92 Å². The maximum atomic E-state index is 14.4. The van der Waals surface area contributed by atoms with Gasteiger partial charge < -0.3 is 9.26 Å². The lowest BCUT2D eigenvalue weighted by molar-refractivity contribution is 0.421. The molecule has 152 valence electrons. The molecule has 4 aromatic rings. The smallest absolute Gasteiger partial charge is 0.262 e. The molecule has 0 N–H and O–H groups in total. The number of pyridine rings is 1. The van der Waals surface area contributed by atoms with Gasteiger partial charge in [-0.05, 0) is 37.1 Å². The maximum Gasteiger partial charge on any atom is 0.262 e. The molecule has 0 amide bonds. The molecule has 2 aromatic carbocycles. The lowest BCUT2D eigenvalue weighted by atomic mass is 9.78. The number of hydrogen-bond acceptors (Lipinski definition) is 5. The van der Waals surface area contributed by atoms with Gasteiger partial charge in [0.05, 0.1) is 5.56 Å². The van der Waals surface area contributed by atoms with Gasteiger partial charge in [0.15, 0.2) is 5.82 Å². The molecular formula is C24H22FN3O2. The first-order valence-electron chi connectivity index (χ1n) is 9.65. The molecule has 0 spiro atoms. The molecular weight excluding hydrogens is 381 g/mol. The minimum Gasteiger partial charge on any atom is -0.439 e. The first-order chi connectivity index (χ1) is 14.3. The highest BCUT2D eigenvalue weighted by Gasteiger charge is 2.23. The molecule has 2 heterocycles. The van der Waals surface area contributed by atoms with Crippen LogP contribution in [0.1, 0.15) is 36.4 Å². The van der Waals surface area contributed by atoms with Gasteiger partial charge in [-0.3, -0.25) is 0 Å². The molecule has 30 heavy (non-hydrogen) atoms. The molecule has 0 saturated heterocycles. The Labute approximate surface area is 174 Å². The van der Waals surface area contributed by atoms with E-state index in [2.05, 4.69) is 60.2 Å². The zero-order valence-electron chi connectivity index (χ0n) is 17.3. The SMILES string of the molecule is Cc1ccc(C(C)(C)c2ccc(Oc3cc(F)c(-c4nc(C)no4)cn3)cc2)cc1. The summed E-state index contributed by atoms with van der Waals surface area (Å²) in [6, 6.07) is 17.5. The minimum atomic E-state index is -0.541. The topological polar surface area (TPSA) is 61.0 Å². The van der Waals surface area contributed by atoms with Crippen LogP contribution in [0.2, 0.25) is 0 Å². The second kappa shape index (κ2) is 7.71. The summed E-state index contributed by atoms with van der Waals surface area (Å²) in [4.78, 5) is 8.18. The van der Waals surface area contributed by atoms with Crippen molar-refractivity contribution in [1.82, 2.24) is 15.1 Å². The van der Waals surface area contributed by atoms with Crippen molar-refractivity contribution in [1.29, 1.82) is 0 Å². The number of hydrogen-bond donors (Lipinski definition) is 0. The van der Waals surface area contributed by atoms with Gasteiger partial charge in [-0.1, -0.05) is 61.0 Å². The highest BCUT2D eigenvalue weighted by Crippen LogP contribution is 2.33. The fraction of sp³-hybridized carbons (Fsp3) is 0.208. The van der Waals surface area contributed by atoms with Crippen LogP contribution in [0, 0.1) is 19.7 Å². The summed E-state index contributed by atoms with van der Waals surface area (Å²) in [5, 5.41) is 3.67. The maximum absolute atomic E-state index is 14.4. The van der Waals surface area contributed by atoms with Gasteiger partial charge >= 0.3 is 0 Å². The van der Waals surface area contributed by atoms with E-state index in [1.165, 1.54) is 23.4 Å². The number of benzene rings is 2. The number of nitrogens with zero attached hydrogens (tertiary/aromatic N) is 3. The van der Waals surface area contributed by atoms with E-state index in [9.17, 15) is 4.39 Å². The number of rotatable bonds is 5. The Morgan fingerprint density at radius 2 is 1.57 bits per heavy atom. The lowest BCUT2D eigenvalue weighted by Crippen LogP contribution is -2.18. The predicted molar refractivity (Wildman–Crippen MR) is 112 cm³/mol. The first-order valence-corrected chi connectivity index (χ1v) is 9.65. The van der Waals surface area contributed by atoms with Gasteiger partial charge in [-0.15, -0.1) is 0 Å². The summed E-state index contributed by atoms with van der Waals surface area (Å²) in [5.41, 5.74) is 3.61. The summed E-state index contributed by atoms with van der Waals surface area (Å²) in [6.45, 7) is 8.11.